The van der Waals surface area contributed by atoms with Gasteiger partial charge in [-0.05, 0) is 32.1 Å². The zero-order chi connectivity index (χ0) is 22.1. The maximum Gasteiger partial charge on any atom is 0.219 e. The van der Waals surface area contributed by atoms with Crippen molar-refractivity contribution in [2.75, 3.05) is 6.61 Å². The summed E-state index contributed by atoms with van der Waals surface area (Å²) in [6, 6.07) is 0. The highest BCUT2D eigenvalue weighted by Crippen LogP contribution is 2.24. The number of nitrogens with two attached hydrogens (primary N) is 2. The predicted octanol–water partition coefficient (Wildman–Crippen LogP) is 4.77. The fraction of sp³-hybridized carbons (Fsp3) is 0.870. The van der Waals surface area contributed by atoms with Gasteiger partial charge in [0.1, 0.15) is 5.78 Å². The third-order valence-electron chi connectivity index (χ3n) is 5.45. The average molecular weight is 417 g/mol. The highest BCUT2D eigenvalue weighted by Gasteiger charge is 2.18. The molecule has 0 aromatic carbocycles. The van der Waals surface area contributed by atoms with Crippen LogP contribution in [-0.2, 0) is 19.1 Å². The summed E-state index contributed by atoms with van der Waals surface area (Å²) in [4.78, 5) is 31.5. The first-order chi connectivity index (χ1) is 13.8. The molecule has 0 unspecified atom stereocenters. The number of hydrogen-bond acceptors (Lipinski definition) is 4. The third kappa shape index (κ3) is 16.1. The molecular formula is C23H48N2O4. The average Bonchev–Trinajstić information content (AvgIpc) is 2.73. The predicted molar refractivity (Wildman–Crippen MR) is 121 cm³/mol. The van der Waals surface area contributed by atoms with E-state index in [2.05, 4.69) is 0 Å². The molecule has 0 aromatic rings. The molecule has 2 aliphatic carbocycles. The van der Waals surface area contributed by atoms with E-state index in [4.69, 9.17) is 16.2 Å². The van der Waals surface area contributed by atoms with Gasteiger partial charge in [-0.1, -0.05) is 59.3 Å². The number of carbonyl (C=O) groups excluding carboxylic acids is 3. The van der Waals surface area contributed by atoms with E-state index in [0.29, 0.717) is 30.8 Å². The summed E-state index contributed by atoms with van der Waals surface area (Å²) < 4.78 is 5.63. The molecule has 174 valence electrons. The molecule has 6 nitrogen and oxygen atoms in total. The lowest BCUT2D eigenvalue weighted by Gasteiger charge is -2.21. The Morgan fingerprint density at radius 2 is 1.41 bits per heavy atom. The first-order valence-corrected chi connectivity index (χ1v) is 11.5. The summed E-state index contributed by atoms with van der Waals surface area (Å²) in [5.41, 5.74) is 9.81. The molecule has 2 aliphatic rings. The number of ether oxygens (including phenoxy) is 1. The molecule has 0 aromatic heterocycles. The van der Waals surface area contributed by atoms with Gasteiger partial charge in [0.2, 0.25) is 11.8 Å². The van der Waals surface area contributed by atoms with Crippen molar-refractivity contribution in [1.82, 2.24) is 0 Å². The van der Waals surface area contributed by atoms with Crippen molar-refractivity contribution in [3.8, 4) is 0 Å². The number of Topliss-reactive ketones (excluding diaryl/α,β-unsaturated/α-hetero) is 1. The molecule has 0 radical (unpaired) electrons. The van der Waals surface area contributed by atoms with E-state index < -0.39 is 0 Å². The number of ketones is 1. The van der Waals surface area contributed by atoms with Gasteiger partial charge in [0.25, 0.3) is 0 Å². The molecule has 2 saturated carbocycles. The van der Waals surface area contributed by atoms with Crippen LogP contribution in [0.5, 0.6) is 0 Å². The second-order valence-corrected chi connectivity index (χ2v) is 8.41. The Morgan fingerprint density at radius 1 is 0.931 bits per heavy atom. The van der Waals surface area contributed by atoms with Gasteiger partial charge in [-0.3, -0.25) is 14.4 Å². The van der Waals surface area contributed by atoms with Crippen molar-refractivity contribution in [3.63, 3.8) is 0 Å². The highest BCUT2D eigenvalue weighted by atomic mass is 16.5. The van der Waals surface area contributed by atoms with Gasteiger partial charge in [-0.25, -0.2) is 0 Å². The Morgan fingerprint density at radius 3 is 1.83 bits per heavy atom. The monoisotopic (exact) mass is 416 g/mol. The third-order valence-corrected chi connectivity index (χ3v) is 5.45. The van der Waals surface area contributed by atoms with E-state index >= 15 is 0 Å². The maximum atomic E-state index is 11.2. The number of rotatable bonds is 8. The van der Waals surface area contributed by atoms with Crippen LogP contribution in [0.25, 0.3) is 0 Å². The van der Waals surface area contributed by atoms with Crippen molar-refractivity contribution in [1.29, 1.82) is 0 Å². The van der Waals surface area contributed by atoms with Crippen LogP contribution in [0.4, 0.5) is 0 Å². The highest BCUT2D eigenvalue weighted by molar-refractivity contribution is 5.80. The summed E-state index contributed by atoms with van der Waals surface area (Å²) in [5, 5.41) is 0. The fourth-order valence-corrected chi connectivity index (χ4v) is 3.44. The van der Waals surface area contributed by atoms with Gasteiger partial charge in [-0.15, -0.1) is 0 Å². The second-order valence-electron chi connectivity index (χ2n) is 8.41. The molecule has 0 bridgehead atoms. The molecule has 2 amide bonds. The minimum atomic E-state index is -0.241. The molecule has 0 heterocycles. The van der Waals surface area contributed by atoms with Crippen molar-refractivity contribution < 1.29 is 22.0 Å². The van der Waals surface area contributed by atoms with Crippen LogP contribution in [0.1, 0.15) is 107 Å². The molecule has 6 heteroatoms. The van der Waals surface area contributed by atoms with Crippen molar-refractivity contribution in [2.45, 2.75) is 110 Å². The van der Waals surface area contributed by atoms with Crippen LogP contribution in [0.3, 0.4) is 0 Å². The van der Waals surface area contributed by atoms with Crippen LogP contribution >= 0.6 is 0 Å². The largest absolute Gasteiger partial charge is 0.378 e. The van der Waals surface area contributed by atoms with E-state index in [1.807, 2.05) is 6.92 Å². The number of carbonyl (C=O) groups is 3. The lowest BCUT2D eigenvalue weighted by molar-refractivity contribution is -0.123. The lowest BCUT2D eigenvalue weighted by atomic mass is 9.85. The Kier molecular flexibility index (Phi) is 16.6. The minimum absolute atomic E-state index is 0. The summed E-state index contributed by atoms with van der Waals surface area (Å²) in [7, 11) is 0. The van der Waals surface area contributed by atoms with E-state index in [0.717, 1.165) is 25.7 Å². The molecule has 2 fully saturated rings. The van der Waals surface area contributed by atoms with Gasteiger partial charge in [0.05, 0.1) is 6.10 Å². The van der Waals surface area contributed by atoms with Crippen molar-refractivity contribution in [2.24, 2.45) is 23.3 Å². The number of primary amides is 2. The Hall–Kier alpha value is -1.43. The standard InChI is InChI=1S/C10H19NO2.C9H16O.C4H9NO.2H2/c11-10(12)7-4-8-13-9-5-2-1-3-6-9;1-2-9(10)8-6-4-3-5-7-8;1-3(2)4(5)6;;/h9H,1-8H2,(H2,11,12);8H,2-7H2,1H3;3H,1-2H3,(H2,5,6);2*1H. The zero-order valence-corrected chi connectivity index (χ0v) is 18.9. The molecule has 0 spiro atoms. The Labute approximate surface area is 180 Å². The SMILES string of the molecule is CC(C)C(N)=O.CCC(=O)C1CCCCC1.NC(=O)CCCOC1CCCCC1.[HH].[HH]. The maximum absolute atomic E-state index is 11.2. The van der Waals surface area contributed by atoms with Gasteiger partial charge in [-0.2, -0.15) is 0 Å². The number of amides is 2. The first-order valence-electron chi connectivity index (χ1n) is 11.5. The van der Waals surface area contributed by atoms with Crippen LogP contribution in [0, 0.1) is 11.8 Å². The van der Waals surface area contributed by atoms with Gasteiger partial charge in [0, 0.05) is 34.1 Å². The van der Waals surface area contributed by atoms with Crippen LogP contribution in [0.2, 0.25) is 0 Å². The number of hydrogen-bond donors (Lipinski definition) is 2. The topological polar surface area (TPSA) is 112 Å². The molecule has 0 atom stereocenters. The van der Waals surface area contributed by atoms with E-state index in [-0.39, 0.29) is 20.6 Å². The molecule has 29 heavy (non-hydrogen) atoms. The van der Waals surface area contributed by atoms with Crippen LogP contribution in [-0.4, -0.2) is 30.3 Å². The molecule has 4 N–H and O–H groups in total. The zero-order valence-electron chi connectivity index (χ0n) is 18.9. The molecule has 2 rings (SSSR count). The normalized spacial score (nSPS) is 17.5. The Balaban J connectivity index is -0.000000392. The van der Waals surface area contributed by atoms with Crippen LogP contribution in [0.15, 0.2) is 0 Å². The molecule has 0 saturated heterocycles. The van der Waals surface area contributed by atoms with Crippen molar-refractivity contribution >= 4 is 17.6 Å². The van der Waals surface area contributed by atoms with Gasteiger partial charge < -0.3 is 16.2 Å². The van der Waals surface area contributed by atoms with E-state index in [1.54, 1.807) is 13.8 Å². The second kappa shape index (κ2) is 17.4. The van der Waals surface area contributed by atoms with E-state index in [1.165, 1.54) is 51.4 Å². The van der Waals surface area contributed by atoms with Crippen molar-refractivity contribution in [3.05, 3.63) is 0 Å². The smallest absolute Gasteiger partial charge is 0.219 e. The Bertz CT molecular complexity index is 464. The fourth-order valence-electron chi connectivity index (χ4n) is 3.44. The lowest BCUT2D eigenvalue weighted by Crippen LogP contribution is -2.18. The molecule has 0 aliphatic heterocycles. The van der Waals surface area contributed by atoms with Gasteiger partial charge in [0.15, 0.2) is 0 Å². The summed E-state index contributed by atoms with van der Waals surface area (Å²) >= 11 is 0. The molecular weight excluding hydrogens is 368 g/mol. The van der Waals surface area contributed by atoms with E-state index in [9.17, 15) is 14.4 Å². The quantitative estimate of drug-likeness (QED) is 0.555. The minimum Gasteiger partial charge on any atom is -0.378 e. The first kappa shape index (κ1) is 27.6. The summed E-state index contributed by atoms with van der Waals surface area (Å²) in [5.74, 6) is 0.436. The van der Waals surface area contributed by atoms with Crippen LogP contribution < -0.4 is 11.5 Å². The summed E-state index contributed by atoms with van der Waals surface area (Å²) in [6.07, 6.45) is 14.9. The van der Waals surface area contributed by atoms with Gasteiger partial charge >= 0.3 is 0 Å². The summed E-state index contributed by atoms with van der Waals surface area (Å²) in [6.45, 7) is 6.19.